The second kappa shape index (κ2) is 10.1. The van der Waals surface area contributed by atoms with Gasteiger partial charge in [-0.15, -0.1) is 0 Å². The van der Waals surface area contributed by atoms with E-state index in [4.69, 9.17) is 4.74 Å². The molecule has 9 nitrogen and oxygen atoms in total. The molecule has 2 amide bonds. The molecule has 2 saturated heterocycles. The van der Waals surface area contributed by atoms with Crippen LogP contribution in [-0.2, 0) is 16.0 Å². The van der Waals surface area contributed by atoms with Gasteiger partial charge in [0.15, 0.2) is 0 Å². The van der Waals surface area contributed by atoms with Gasteiger partial charge in [0, 0.05) is 51.9 Å². The Bertz CT molecular complexity index is 1160. The monoisotopic (exact) mass is 490 g/mol. The van der Waals surface area contributed by atoms with E-state index in [-0.39, 0.29) is 29.1 Å². The molecule has 0 bridgehead atoms. The largest absolute Gasteiger partial charge is 0.477 e. The molecule has 2 aliphatic rings. The van der Waals surface area contributed by atoms with Crippen LogP contribution in [0.3, 0.4) is 0 Å². The van der Waals surface area contributed by atoms with Crippen molar-refractivity contribution >= 4 is 23.3 Å². The molecule has 0 unspecified atom stereocenters. The lowest BCUT2D eigenvalue weighted by molar-refractivity contribution is -0.133. The smallest absolute Gasteiger partial charge is 0.230 e. The van der Waals surface area contributed by atoms with Crippen molar-refractivity contribution in [3.8, 4) is 11.9 Å². The van der Waals surface area contributed by atoms with Crippen molar-refractivity contribution in [2.45, 2.75) is 33.6 Å². The minimum absolute atomic E-state index is 0.0297. The number of amides is 2. The number of anilines is 2. The van der Waals surface area contributed by atoms with Gasteiger partial charge in [-0.2, -0.15) is 5.26 Å². The summed E-state index contributed by atoms with van der Waals surface area (Å²) in [7, 11) is 3.49. The van der Waals surface area contributed by atoms with Gasteiger partial charge in [-0.3, -0.25) is 9.59 Å². The summed E-state index contributed by atoms with van der Waals surface area (Å²) >= 11 is 0. The Kier molecular flexibility index (Phi) is 7.16. The zero-order valence-corrected chi connectivity index (χ0v) is 21.7. The van der Waals surface area contributed by atoms with E-state index >= 15 is 0 Å². The normalized spacial score (nSPS) is 18.1. The molecular weight excluding hydrogens is 456 g/mol. The number of carbonyl (C=O) groups is 2. The molecule has 2 aromatic heterocycles. The number of carbonyl (C=O) groups excluding carboxylic acids is 2. The third-order valence-electron chi connectivity index (χ3n) is 6.50. The van der Waals surface area contributed by atoms with Crippen LogP contribution in [0, 0.1) is 28.6 Å². The Labute approximate surface area is 212 Å². The number of aromatic nitrogens is 2. The van der Waals surface area contributed by atoms with Crippen LogP contribution in [0.1, 0.15) is 38.3 Å². The second-order valence-electron chi connectivity index (χ2n) is 11.0. The van der Waals surface area contributed by atoms with Crippen LogP contribution in [0.15, 0.2) is 30.6 Å². The molecule has 2 fully saturated rings. The fraction of sp³-hybridized carbons (Fsp3) is 0.519. The van der Waals surface area contributed by atoms with Crippen LogP contribution in [0.25, 0.3) is 0 Å². The molecule has 2 aliphatic heterocycles. The molecule has 190 valence electrons. The average molecular weight is 491 g/mol. The minimum Gasteiger partial charge on any atom is -0.477 e. The van der Waals surface area contributed by atoms with E-state index in [1.165, 1.54) is 0 Å². The van der Waals surface area contributed by atoms with E-state index in [0.717, 1.165) is 12.0 Å². The van der Waals surface area contributed by atoms with Gasteiger partial charge in [-0.05, 0) is 29.9 Å². The molecule has 0 spiro atoms. The van der Waals surface area contributed by atoms with Crippen LogP contribution in [0.4, 0.5) is 11.5 Å². The van der Waals surface area contributed by atoms with Gasteiger partial charge >= 0.3 is 0 Å². The first kappa shape index (κ1) is 25.4. The first-order chi connectivity index (χ1) is 17.1. The fourth-order valence-corrected chi connectivity index (χ4v) is 4.48. The van der Waals surface area contributed by atoms with Gasteiger partial charge in [-0.25, -0.2) is 9.97 Å². The van der Waals surface area contributed by atoms with Gasteiger partial charge in [-0.1, -0.05) is 26.8 Å². The summed E-state index contributed by atoms with van der Waals surface area (Å²) in [6.45, 7) is 8.56. The Morgan fingerprint density at radius 2 is 1.97 bits per heavy atom. The lowest BCUT2D eigenvalue weighted by Crippen LogP contribution is -2.54. The van der Waals surface area contributed by atoms with Crippen molar-refractivity contribution in [1.82, 2.24) is 14.9 Å². The number of ether oxygens (including phenoxy) is 1. The van der Waals surface area contributed by atoms with E-state index in [0.29, 0.717) is 55.6 Å². The van der Waals surface area contributed by atoms with Crippen molar-refractivity contribution in [2.24, 2.45) is 17.3 Å². The lowest BCUT2D eigenvalue weighted by atomic mass is 9.98. The molecule has 1 atom stereocenters. The molecule has 9 heteroatoms. The summed E-state index contributed by atoms with van der Waals surface area (Å²) in [5.41, 5.74) is 2.09. The summed E-state index contributed by atoms with van der Waals surface area (Å²) < 4.78 is 5.74. The third kappa shape index (κ3) is 5.59. The summed E-state index contributed by atoms with van der Waals surface area (Å²) in [5, 5.41) is 9.72. The average Bonchev–Trinajstić information content (AvgIpc) is 3.17. The highest BCUT2D eigenvalue weighted by molar-refractivity contribution is 5.97. The molecule has 2 aromatic rings. The first-order valence-corrected chi connectivity index (χ1v) is 12.3. The molecular formula is C27H34N6O3. The van der Waals surface area contributed by atoms with Crippen molar-refractivity contribution < 1.29 is 14.3 Å². The molecule has 0 N–H and O–H groups in total. The first-order valence-electron chi connectivity index (χ1n) is 12.3. The predicted molar refractivity (Wildman–Crippen MR) is 137 cm³/mol. The van der Waals surface area contributed by atoms with Crippen molar-refractivity contribution in [2.75, 3.05) is 50.1 Å². The van der Waals surface area contributed by atoms with Crippen LogP contribution in [0.2, 0.25) is 0 Å². The van der Waals surface area contributed by atoms with E-state index in [9.17, 15) is 14.9 Å². The van der Waals surface area contributed by atoms with Crippen LogP contribution in [0.5, 0.6) is 5.88 Å². The summed E-state index contributed by atoms with van der Waals surface area (Å²) in [6, 6.07) is 7.76. The zero-order chi connectivity index (χ0) is 26.0. The minimum atomic E-state index is -0.147. The van der Waals surface area contributed by atoms with E-state index in [1.54, 1.807) is 42.4 Å². The predicted octanol–water partition coefficient (Wildman–Crippen LogP) is 2.89. The highest BCUT2D eigenvalue weighted by Crippen LogP contribution is 2.32. The van der Waals surface area contributed by atoms with E-state index < -0.39 is 0 Å². The van der Waals surface area contributed by atoms with Crippen molar-refractivity contribution in [3.63, 3.8) is 0 Å². The Morgan fingerprint density at radius 3 is 2.58 bits per heavy atom. The Morgan fingerprint density at radius 1 is 1.22 bits per heavy atom. The highest BCUT2D eigenvalue weighted by Gasteiger charge is 2.37. The van der Waals surface area contributed by atoms with Crippen molar-refractivity contribution in [3.05, 3.63) is 41.7 Å². The summed E-state index contributed by atoms with van der Waals surface area (Å²) in [4.78, 5) is 39.4. The molecule has 0 aromatic carbocycles. The van der Waals surface area contributed by atoms with Gasteiger partial charge in [0.2, 0.25) is 17.7 Å². The fourth-order valence-electron chi connectivity index (χ4n) is 4.48. The number of pyridine rings is 2. The van der Waals surface area contributed by atoms with E-state index in [2.05, 4.69) is 36.8 Å². The number of hydrogen-bond acceptors (Lipinski definition) is 7. The summed E-state index contributed by atoms with van der Waals surface area (Å²) in [5.74, 6) is 1.03. The van der Waals surface area contributed by atoms with Crippen LogP contribution in [-0.4, -0.2) is 67.0 Å². The number of hydrogen-bond donors (Lipinski definition) is 0. The Balaban J connectivity index is 1.37. The summed E-state index contributed by atoms with van der Waals surface area (Å²) in [6.07, 6.45) is 4.76. The third-order valence-corrected chi connectivity index (χ3v) is 6.50. The standard InChI is InChI=1S/C27H34N6O3/c1-27(2,3)17-36-23-7-6-18(13-29-23)10-19-8-9-33(26(19)35)22-11-20(12-28)24(30-14-22)32-15-21(16-32)25(34)31(4)5/h6-7,11,13-14,19,21H,8-10,15-17H2,1-5H3/t19-/m0/s1. The number of rotatable bonds is 7. The maximum absolute atomic E-state index is 13.2. The molecule has 36 heavy (non-hydrogen) atoms. The van der Waals surface area contributed by atoms with Gasteiger partial charge < -0.3 is 19.4 Å². The number of nitrogens with zero attached hydrogens (tertiary/aromatic N) is 6. The topological polar surface area (TPSA) is 103 Å². The molecule has 0 aliphatic carbocycles. The molecule has 0 saturated carbocycles. The quantitative estimate of drug-likeness (QED) is 0.588. The van der Waals surface area contributed by atoms with Gasteiger partial charge in [0.1, 0.15) is 11.9 Å². The lowest BCUT2D eigenvalue weighted by Gasteiger charge is -2.40. The molecule has 4 heterocycles. The maximum Gasteiger partial charge on any atom is 0.230 e. The van der Waals surface area contributed by atoms with Gasteiger partial charge in [0.25, 0.3) is 0 Å². The highest BCUT2D eigenvalue weighted by atomic mass is 16.5. The molecule has 0 radical (unpaired) electrons. The molecule has 4 rings (SSSR count). The Hall–Kier alpha value is -3.67. The SMILES string of the molecule is CN(C)C(=O)C1CN(c2ncc(N3CC[C@@H](Cc4ccc(OCC(C)(C)C)nc4)C3=O)cc2C#N)C1. The van der Waals surface area contributed by atoms with Crippen molar-refractivity contribution in [1.29, 1.82) is 5.26 Å². The zero-order valence-electron chi connectivity index (χ0n) is 21.7. The van der Waals surface area contributed by atoms with E-state index in [1.807, 2.05) is 17.0 Å². The van der Waals surface area contributed by atoms with Crippen LogP contribution >= 0.6 is 0 Å². The van der Waals surface area contributed by atoms with Crippen LogP contribution < -0.4 is 14.5 Å². The second-order valence-corrected chi connectivity index (χ2v) is 11.0. The van der Waals surface area contributed by atoms with Gasteiger partial charge in [0.05, 0.1) is 30.0 Å². The maximum atomic E-state index is 13.2. The number of nitriles is 1.